The van der Waals surface area contributed by atoms with Crippen molar-refractivity contribution >= 4 is 11.6 Å². The molecule has 116 valence electrons. The molecule has 3 rings (SSSR count). The third-order valence-electron chi connectivity index (χ3n) is 3.17. The molecule has 1 amide bonds. The van der Waals surface area contributed by atoms with Crippen LogP contribution >= 0.6 is 0 Å². The van der Waals surface area contributed by atoms with Crippen molar-refractivity contribution in [2.45, 2.75) is 13.0 Å². The van der Waals surface area contributed by atoms with Crippen LogP contribution in [-0.4, -0.2) is 32.2 Å². The number of nitrogens with one attached hydrogen (secondary N) is 1. The van der Waals surface area contributed by atoms with E-state index in [1.165, 1.54) is 11.0 Å². The van der Waals surface area contributed by atoms with Crippen molar-refractivity contribution < 1.29 is 9.53 Å². The van der Waals surface area contributed by atoms with Crippen molar-refractivity contribution in [2.75, 3.05) is 5.32 Å². The topological polar surface area (TPSA) is 81.9 Å². The fraction of sp³-hybridized carbons (Fsp3) is 0.125. The zero-order chi connectivity index (χ0) is 16.1. The van der Waals surface area contributed by atoms with Gasteiger partial charge in [-0.1, -0.05) is 18.2 Å². The second kappa shape index (κ2) is 6.69. The summed E-state index contributed by atoms with van der Waals surface area (Å²) in [6, 6.07) is 16.4. The van der Waals surface area contributed by atoms with Gasteiger partial charge in [-0.15, -0.1) is 5.10 Å². The van der Waals surface area contributed by atoms with Crippen LogP contribution in [0.5, 0.6) is 5.75 Å². The Morgan fingerprint density at radius 1 is 1.13 bits per heavy atom. The lowest BCUT2D eigenvalue weighted by molar-refractivity contribution is -0.122. The van der Waals surface area contributed by atoms with Crippen LogP contribution in [-0.2, 0) is 4.79 Å². The summed E-state index contributed by atoms with van der Waals surface area (Å²) < 4.78 is 7.12. The minimum Gasteiger partial charge on any atom is -0.481 e. The Morgan fingerprint density at radius 3 is 2.52 bits per heavy atom. The van der Waals surface area contributed by atoms with Crippen LogP contribution < -0.4 is 10.1 Å². The molecule has 0 spiro atoms. The van der Waals surface area contributed by atoms with Gasteiger partial charge in [0.25, 0.3) is 5.91 Å². The van der Waals surface area contributed by atoms with Crippen LogP contribution in [0.2, 0.25) is 0 Å². The SMILES string of the molecule is CC(Oc1ccccc1)C(=O)Nc1ccc(-n2cnnn2)cc1. The first kappa shape index (κ1) is 14.7. The Hall–Kier alpha value is -3.22. The van der Waals surface area contributed by atoms with Crippen molar-refractivity contribution in [3.63, 3.8) is 0 Å². The monoisotopic (exact) mass is 309 g/mol. The van der Waals surface area contributed by atoms with Gasteiger partial charge in [-0.05, 0) is 53.7 Å². The number of para-hydroxylation sites is 1. The van der Waals surface area contributed by atoms with Gasteiger partial charge in [0.15, 0.2) is 6.10 Å². The van der Waals surface area contributed by atoms with E-state index in [4.69, 9.17) is 4.74 Å². The maximum absolute atomic E-state index is 12.2. The highest BCUT2D eigenvalue weighted by Crippen LogP contribution is 2.14. The van der Waals surface area contributed by atoms with Crippen LogP contribution in [0.1, 0.15) is 6.92 Å². The highest BCUT2D eigenvalue weighted by Gasteiger charge is 2.14. The van der Waals surface area contributed by atoms with E-state index in [-0.39, 0.29) is 5.91 Å². The molecule has 0 aliphatic carbocycles. The number of hydrogen-bond acceptors (Lipinski definition) is 5. The molecule has 1 aromatic heterocycles. The summed E-state index contributed by atoms with van der Waals surface area (Å²) in [6.45, 7) is 1.71. The minimum absolute atomic E-state index is 0.218. The summed E-state index contributed by atoms with van der Waals surface area (Å²) in [5.74, 6) is 0.438. The summed E-state index contributed by atoms with van der Waals surface area (Å²) in [4.78, 5) is 12.2. The molecule has 2 aromatic carbocycles. The highest BCUT2D eigenvalue weighted by atomic mass is 16.5. The lowest BCUT2D eigenvalue weighted by atomic mass is 10.2. The fourth-order valence-corrected chi connectivity index (χ4v) is 1.98. The van der Waals surface area contributed by atoms with Gasteiger partial charge >= 0.3 is 0 Å². The number of amides is 1. The van der Waals surface area contributed by atoms with E-state index in [1.807, 2.05) is 42.5 Å². The van der Waals surface area contributed by atoms with Gasteiger partial charge in [-0.25, -0.2) is 4.68 Å². The number of carbonyl (C=O) groups is 1. The van der Waals surface area contributed by atoms with Gasteiger partial charge in [-0.2, -0.15) is 0 Å². The fourth-order valence-electron chi connectivity index (χ4n) is 1.98. The van der Waals surface area contributed by atoms with Crippen molar-refractivity contribution in [1.82, 2.24) is 20.2 Å². The molecule has 7 heteroatoms. The van der Waals surface area contributed by atoms with E-state index < -0.39 is 6.10 Å². The standard InChI is InChI=1S/C16H15N5O2/c1-12(23-15-5-3-2-4-6-15)16(22)18-13-7-9-14(10-8-13)21-11-17-19-20-21/h2-12H,1H3,(H,18,22). The number of benzene rings is 2. The van der Waals surface area contributed by atoms with Crippen LogP contribution in [0.15, 0.2) is 60.9 Å². The maximum Gasteiger partial charge on any atom is 0.265 e. The average Bonchev–Trinajstić information content (AvgIpc) is 3.11. The van der Waals surface area contributed by atoms with E-state index in [0.717, 1.165) is 5.69 Å². The predicted molar refractivity (Wildman–Crippen MR) is 84.3 cm³/mol. The van der Waals surface area contributed by atoms with E-state index in [9.17, 15) is 4.79 Å². The quantitative estimate of drug-likeness (QED) is 0.780. The van der Waals surface area contributed by atoms with Crippen LogP contribution in [0.25, 0.3) is 5.69 Å². The van der Waals surface area contributed by atoms with E-state index in [1.54, 1.807) is 19.1 Å². The summed E-state index contributed by atoms with van der Waals surface area (Å²) in [5, 5.41) is 13.8. The molecule has 1 atom stereocenters. The second-order valence-electron chi connectivity index (χ2n) is 4.86. The molecule has 0 aliphatic rings. The molecule has 1 heterocycles. The Bertz CT molecular complexity index is 757. The molecule has 23 heavy (non-hydrogen) atoms. The molecule has 1 N–H and O–H groups in total. The third kappa shape index (κ3) is 3.70. The Labute approximate surface area is 132 Å². The number of aromatic nitrogens is 4. The number of anilines is 1. The molecule has 3 aromatic rings. The first-order valence-electron chi connectivity index (χ1n) is 7.08. The molecule has 0 bridgehead atoms. The van der Waals surface area contributed by atoms with Gasteiger partial charge in [0, 0.05) is 5.69 Å². The van der Waals surface area contributed by atoms with E-state index in [2.05, 4.69) is 20.8 Å². The van der Waals surface area contributed by atoms with E-state index in [0.29, 0.717) is 11.4 Å². The Kier molecular flexibility index (Phi) is 4.28. The molecule has 0 saturated heterocycles. The number of ether oxygens (including phenoxy) is 1. The summed E-state index contributed by atoms with van der Waals surface area (Å²) in [5.41, 5.74) is 1.48. The number of nitrogens with zero attached hydrogens (tertiary/aromatic N) is 4. The van der Waals surface area contributed by atoms with Crippen LogP contribution in [0.4, 0.5) is 5.69 Å². The van der Waals surface area contributed by atoms with Gasteiger partial charge in [-0.3, -0.25) is 4.79 Å². The van der Waals surface area contributed by atoms with E-state index >= 15 is 0 Å². The third-order valence-corrected chi connectivity index (χ3v) is 3.17. The van der Waals surface area contributed by atoms with Gasteiger partial charge in [0.1, 0.15) is 12.1 Å². The molecular weight excluding hydrogens is 294 g/mol. The number of tetrazole rings is 1. The highest BCUT2D eigenvalue weighted by molar-refractivity contribution is 5.94. The Balaban J connectivity index is 1.61. The van der Waals surface area contributed by atoms with Crippen molar-refractivity contribution in [1.29, 1.82) is 0 Å². The van der Waals surface area contributed by atoms with Gasteiger partial charge in [0.05, 0.1) is 5.69 Å². The maximum atomic E-state index is 12.2. The first-order chi connectivity index (χ1) is 11.2. The zero-order valence-electron chi connectivity index (χ0n) is 12.5. The predicted octanol–water partition coefficient (Wildman–Crippen LogP) is 2.07. The van der Waals surface area contributed by atoms with Crippen LogP contribution in [0, 0.1) is 0 Å². The number of rotatable bonds is 5. The van der Waals surface area contributed by atoms with Crippen molar-refractivity contribution in [3.05, 3.63) is 60.9 Å². The molecule has 0 saturated carbocycles. The smallest absolute Gasteiger partial charge is 0.265 e. The Morgan fingerprint density at radius 2 is 1.87 bits per heavy atom. The number of carbonyl (C=O) groups excluding carboxylic acids is 1. The normalized spacial score (nSPS) is 11.7. The minimum atomic E-state index is -0.600. The molecule has 0 fully saturated rings. The molecule has 7 nitrogen and oxygen atoms in total. The summed E-state index contributed by atoms with van der Waals surface area (Å²) >= 11 is 0. The molecular formula is C16H15N5O2. The molecule has 0 radical (unpaired) electrons. The largest absolute Gasteiger partial charge is 0.481 e. The second-order valence-corrected chi connectivity index (χ2v) is 4.86. The summed E-state index contributed by atoms with van der Waals surface area (Å²) in [6.07, 6.45) is 0.903. The van der Waals surface area contributed by atoms with Gasteiger partial charge in [0.2, 0.25) is 0 Å². The lowest BCUT2D eigenvalue weighted by Crippen LogP contribution is -2.30. The zero-order valence-corrected chi connectivity index (χ0v) is 12.5. The molecule has 0 aliphatic heterocycles. The lowest BCUT2D eigenvalue weighted by Gasteiger charge is -2.14. The first-order valence-corrected chi connectivity index (χ1v) is 7.08. The summed E-state index contributed by atoms with van der Waals surface area (Å²) in [7, 11) is 0. The molecule has 1 unspecified atom stereocenters. The van der Waals surface area contributed by atoms with Crippen molar-refractivity contribution in [2.24, 2.45) is 0 Å². The van der Waals surface area contributed by atoms with Gasteiger partial charge < -0.3 is 10.1 Å². The van der Waals surface area contributed by atoms with Crippen LogP contribution in [0.3, 0.4) is 0 Å². The van der Waals surface area contributed by atoms with Crippen molar-refractivity contribution in [3.8, 4) is 11.4 Å². The number of hydrogen-bond donors (Lipinski definition) is 1. The average molecular weight is 309 g/mol.